The van der Waals surface area contributed by atoms with E-state index in [1.165, 1.54) is 0 Å². The molecule has 0 saturated carbocycles. The first-order valence-electron chi connectivity index (χ1n) is 6.21. The van der Waals surface area contributed by atoms with Gasteiger partial charge in [-0.25, -0.2) is 4.39 Å². The van der Waals surface area contributed by atoms with Crippen molar-refractivity contribution in [2.45, 2.75) is 32.3 Å². The third-order valence-corrected chi connectivity index (χ3v) is 3.46. The highest BCUT2D eigenvalue weighted by Crippen LogP contribution is 2.28. The van der Waals surface area contributed by atoms with E-state index in [-0.39, 0.29) is 12.5 Å². The minimum absolute atomic E-state index is 0.139. The molecule has 1 aliphatic heterocycles. The number of Topliss-reactive ketones (excluding diaryl/α,β-unsaturated/α-hetero) is 1. The Bertz CT molecular complexity index is 475. The maximum absolute atomic E-state index is 12.6. The topological polar surface area (TPSA) is 57.6 Å². The van der Waals surface area contributed by atoms with Gasteiger partial charge in [0.2, 0.25) is 11.7 Å². The van der Waals surface area contributed by atoms with E-state index < -0.39 is 24.0 Å². The number of benzene rings is 1. The molecule has 5 heteroatoms. The van der Waals surface area contributed by atoms with Crippen LogP contribution in [0, 0.1) is 5.92 Å². The van der Waals surface area contributed by atoms with Crippen LogP contribution in [0.3, 0.4) is 0 Å². The summed E-state index contributed by atoms with van der Waals surface area (Å²) in [6.45, 7) is 2.21. The number of ketones is 1. The first-order chi connectivity index (χ1) is 9.00. The van der Waals surface area contributed by atoms with Gasteiger partial charge in [0, 0.05) is 12.6 Å². The van der Waals surface area contributed by atoms with Gasteiger partial charge >= 0.3 is 0 Å². The second kappa shape index (κ2) is 5.48. The van der Waals surface area contributed by atoms with Gasteiger partial charge in [-0.05, 0) is 18.9 Å². The van der Waals surface area contributed by atoms with Crippen LogP contribution in [0.4, 0.5) is 4.39 Å². The Kier molecular flexibility index (Phi) is 3.95. The Labute approximate surface area is 110 Å². The van der Waals surface area contributed by atoms with Gasteiger partial charge in [0.15, 0.2) is 0 Å². The Morgan fingerprint density at radius 3 is 2.68 bits per heavy atom. The van der Waals surface area contributed by atoms with E-state index in [2.05, 4.69) is 0 Å². The molecule has 1 N–H and O–H groups in total. The van der Waals surface area contributed by atoms with E-state index in [9.17, 15) is 14.0 Å². The van der Waals surface area contributed by atoms with E-state index in [0.29, 0.717) is 6.54 Å². The van der Waals surface area contributed by atoms with Crippen molar-refractivity contribution in [2.24, 2.45) is 5.92 Å². The number of halogens is 1. The summed E-state index contributed by atoms with van der Waals surface area (Å²) in [6.07, 6.45) is -2.32. The van der Waals surface area contributed by atoms with Crippen molar-refractivity contribution in [1.29, 1.82) is 0 Å². The molecule has 0 spiro atoms. The standard InChI is InChI=1S/C14H16FNO3/c1-9-7-11(12(17)13(15)18)14(19)16(9)8-10-5-3-2-4-6-10/h2-6,9,11,13,18H,7-8H2,1H3. The zero-order chi connectivity index (χ0) is 14.0. The molecule has 2 rings (SSSR count). The Morgan fingerprint density at radius 1 is 1.47 bits per heavy atom. The number of nitrogens with zero attached hydrogens (tertiary/aromatic N) is 1. The molecule has 1 aromatic carbocycles. The lowest BCUT2D eigenvalue weighted by atomic mass is 10.0. The first kappa shape index (κ1) is 13.7. The molecule has 0 aromatic heterocycles. The number of carbonyl (C=O) groups is 2. The number of amides is 1. The number of hydrogen-bond acceptors (Lipinski definition) is 3. The van der Waals surface area contributed by atoms with Crippen molar-refractivity contribution in [2.75, 3.05) is 0 Å². The monoisotopic (exact) mass is 265 g/mol. The molecular formula is C14H16FNO3. The van der Waals surface area contributed by atoms with Crippen molar-refractivity contribution >= 4 is 11.7 Å². The highest BCUT2D eigenvalue weighted by Gasteiger charge is 2.43. The minimum atomic E-state index is -2.57. The number of likely N-dealkylation sites (tertiary alicyclic amines) is 1. The molecule has 1 heterocycles. The maximum Gasteiger partial charge on any atom is 0.256 e. The van der Waals surface area contributed by atoms with E-state index in [0.717, 1.165) is 5.56 Å². The van der Waals surface area contributed by atoms with Crippen molar-refractivity contribution in [3.05, 3.63) is 35.9 Å². The van der Waals surface area contributed by atoms with Crippen LogP contribution in [0.1, 0.15) is 18.9 Å². The van der Waals surface area contributed by atoms with Crippen LogP contribution < -0.4 is 0 Å². The smallest absolute Gasteiger partial charge is 0.256 e. The van der Waals surface area contributed by atoms with Crippen LogP contribution in [0.5, 0.6) is 0 Å². The van der Waals surface area contributed by atoms with Crippen LogP contribution in [-0.2, 0) is 16.1 Å². The molecule has 1 fully saturated rings. The van der Waals surface area contributed by atoms with Crippen LogP contribution in [0.2, 0.25) is 0 Å². The number of carbonyl (C=O) groups excluding carboxylic acids is 2. The number of aliphatic hydroxyl groups excluding tert-OH is 1. The fraction of sp³-hybridized carbons (Fsp3) is 0.429. The van der Waals surface area contributed by atoms with Crippen molar-refractivity contribution in [3.63, 3.8) is 0 Å². The molecule has 19 heavy (non-hydrogen) atoms. The molecule has 0 bridgehead atoms. The van der Waals surface area contributed by atoms with Crippen LogP contribution in [0.25, 0.3) is 0 Å². The molecule has 0 radical (unpaired) electrons. The van der Waals surface area contributed by atoms with Crippen molar-refractivity contribution in [3.8, 4) is 0 Å². The quantitative estimate of drug-likeness (QED) is 0.834. The van der Waals surface area contributed by atoms with Gasteiger partial charge in [0.25, 0.3) is 6.36 Å². The molecule has 1 saturated heterocycles. The van der Waals surface area contributed by atoms with Crippen molar-refractivity contribution < 1.29 is 19.1 Å². The average molecular weight is 265 g/mol. The largest absolute Gasteiger partial charge is 0.358 e. The molecule has 102 valence electrons. The predicted molar refractivity (Wildman–Crippen MR) is 66.7 cm³/mol. The fourth-order valence-corrected chi connectivity index (χ4v) is 2.40. The number of hydrogen-bond donors (Lipinski definition) is 1. The second-order valence-electron chi connectivity index (χ2n) is 4.83. The normalized spacial score (nSPS) is 24.6. The summed E-state index contributed by atoms with van der Waals surface area (Å²) < 4.78 is 12.6. The Hall–Kier alpha value is -1.75. The Balaban J connectivity index is 2.11. The zero-order valence-electron chi connectivity index (χ0n) is 10.6. The summed E-state index contributed by atoms with van der Waals surface area (Å²) >= 11 is 0. The van der Waals surface area contributed by atoms with E-state index >= 15 is 0 Å². The fourth-order valence-electron chi connectivity index (χ4n) is 2.40. The number of alkyl halides is 1. The van der Waals surface area contributed by atoms with Gasteiger partial charge in [-0.15, -0.1) is 0 Å². The summed E-state index contributed by atoms with van der Waals surface area (Å²) in [5.74, 6) is -2.50. The molecule has 1 aromatic rings. The molecule has 3 unspecified atom stereocenters. The highest BCUT2D eigenvalue weighted by molar-refractivity contribution is 6.04. The van der Waals surface area contributed by atoms with E-state index in [1.807, 2.05) is 37.3 Å². The average Bonchev–Trinajstić information content (AvgIpc) is 2.67. The zero-order valence-corrected chi connectivity index (χ0v) is 10.6. The summed E-state index contributed by atoms with van der Waals surface area (Å²) in [4.78, 5) is 25.1. The van der Waals surface area contributed by atoms with Gasteiger partial charge in [0.05, 0.1) is 0 Å². The lowest BCUT2D eigenvalue weighted by Crippen LogP contribution is -2.35. The number of rotatable bonds is 4. The SMILES string of the molecule is CC1CC(C(=O)C(O)F)C(=O)N1Cc1ccccc1. The summed E-state index contributed by atoms with van der Waals surface area (Å²) in [6, 6.07) is 9.26. The molecule has 0 aliphatic carbocycles. The van der Waals surface area contributed by atoms with Crippen LogP contribution in [0.15, 0.2) is 30.3 Å². The third-order valence-electron chi connectivity index (χ3n) is 3.46. The van der Waals surface area contributed by atoms with Crippen molar-refractivity contribution in [1.82, 2.24) is 4.90 Å². The maximum atomic E-state index is 12.6. The van der Waals surface area contributed by atoms with Crippen LogP contribution in [-0.4, -0.2) is 34.1 Å². The van der Waals surface area contributed by atoms with Gasteiger partial charge in [-0.1, -0.05) is 30.3 Å². The van der Waals surface area contributed by atoms with E-state index in [4.69, 9.17) is 5.11 Å². The number of aliphatic hydroxyl groups is 1. The van der Waals surface area contributed by atoms with Gasteiger partial charge in [-0.2, -0.15) is 0 Å². The Morgan fingerprint density at radius 2 is 2.11 bits per heavy atom. The predicted octanol–water partition coefficient (Wildman–Crippen LogP) is 1.28. The third kappa shape index (κ3) is 2.81. The summed E-state index contributed by atoms with van der Waals surface area (Å²) in [5, 5.41) is 8.67. The van der Waals surface area contributed by atoms with Gasteiger partial charge in [0.1, 0.15) is 5.92 Å². The van der Waals surface area contributed by atoms with Gasteiger partial charge in [-0.3, -0.25) is 9.59 Å². The second-order valence-corrected chi connectivity index (χ2v) is 4.83. The molecule has 1 amide bonds. The lowest BCUT2D eigenvalue weighted by molar-refractivity contribution is -0.146. The van der Waals surface area contributed by atoms with Gasteiger partial charge < -0.3 is 10.0 Å². The summed E-state index contributed by atoms with van der Waals surface area (Å²) in [5.41, 5.74) is 0.955. The minimum Gasteiger partial charge on any atom is -0.358 e. The molecule has 1 aliphatic rings. The first-order valence-corrected chi connectivity index (χ1v) is 6.21. The lowest BCUT2D eigenvalue weighted by Gasteiger charge is -2.21. The van der Waals surface area contributed by atoms with E-state index in [1.54, 1.807) is 4.90 Å². The molecule has 3 atom stereocenters. The summed E-state index contributed by atoms with van der Waals surface area (Å²) in [7, 11) is 0. The molecule has 4 nitrogen and oxygen atoms in total. The highest BCUT2D eigenvalue weighted by atomic mass is 19.1. The molecular weight excluding hydrogens is 249 g/mol. The van der Waals surface area contributed by atoms with Crippen LogP contribution >= 0.6 is 0 Å².